The smallest absolute Gasteiger partial charge is 0.165 e. The summed E-state index contributed by atoms with van der Waals surface area (Å²) in [5.74, 6) is -0.0528. The number of ether oxygens (including phenoxy) is 2. The maximum Gasteiger partial charge on any atom is 0.165 e. The van der Waals surface area contributed by atoms with Crippen LogP contribution in [-0.4, -0.2) is 25.9 Å². The number of methoxy groups -OCH3 is 1. The van der Waals surface area contributed by atoms with Gasteiger partial charge in [-0.1, -0.05) is 6.07 Å². The standard InChI is InChI=1S/C15H22FNO2/c1-18-15-7-4-11(10-14(15)16)9-12(17)5-6-13-3-2-8-19-13/h4,7,10,12-13H,2-3,5-6,8-9,17H2,1H3. The third-order valence-electron chi connectivity index (χ3n) is 3.60. The van der Waals surface area contributed by atoms with Crippen molar-refractivity contribution in [1.82, 2.24) is 0 Å². The Hall–Kier alpha value is -1.13. The van der Waals surface area contributed by atoms with Gasteiger partial charge in [-0.15, -0.1) is 0 Å². The summed E-state index contributed by atoms with van der Waals surface area (Å²) < 4.78 is 24.0. The number of hydrogen-bond acceptors (Lipinski definition) is 3. The molecule has 0 amide bonds. The van der Waals surface area contributed by atoms with E-state index in [1.807, 2.05) is 6.07 Å². The highest BCUT2D eigenvalue weighted by Crippen LogP contribution is 2.20. The van der Waals surface area contributed by atoms with E-state index in [0.29, 0.717) is 12.5 Å². The predicted molar refractivity (Wildman–Crippen MR) is 72.8 cm³/mol. The molecule has 1 heterocycles. The highest BCUT2D eigenvalue weighted by atomic mass is 19.1. The second-order valence-electron chi connectivity index (χ2n) is 5.15. The molecular weight excluding hydrogens is 245 g/mol. The summed E-state index contributed by atoms with van der Waals surface area (Å²) >= 11 is 0. The molecule has 1 aliphatic heterocycles. The average molecular weight is 267 g/mol. The number of halogens is 1. The zero-order chi connectivity index (χ0) is 13.7. The van der Waals surface area contributed by atoms with Gasteiger partial charge in [0.1, 0.15) is 0 Å². The number of rotatable bonds is 6. The lowest BCUT2D eigenvalue weighted by Crippen LogP contribution is -2.24. The Labute approximate surface area is 113 Å². The maximum absolute atomic E-state index is 13.5. The van der Waals surface area contributed by atoms with E-state index in [0.717, 1.165) is 37.9 Å². The van der Waals surface area contributed by atoms with E-state index in [-0.39, 0.29) is 17.6 Å². The first-order valence-corrected chi connectivity index (χ1v) is 6.88. The van der Waals surface area contributed by atoms with Crippen molar-refractivity contribution in [2.24, 2.45) is 5.73 Å². The quantitative estimate of drug-likeness (QED) is 0.861. The van der Waals surface area contributed by atoms with Crippen molar-refractivity contribution in [1.29, 1.82) is 0 Å². The van der Waals surface area contributed by atoms with Crippen LogP contribution in [0.15, 0.2) is 18.2 Å². The fraction of sp³-hybridized carbons (Fsp3) is 0.600. The average Bonchev–Trinajstić information content (AvgIpc) is 2.90. The highest BCUT2D eigenvalue weighted by molar-refractivity contribution is 5.29. The summed E-state index contributed by atoms with van der Waals surface area (Å²) in [7, 11) is 1.46. The number of nitrogens with two attached hydrogens (primary N) is 1. The fourth-order valence-electron chi connectivity index (χ4n) is 2.51. The van der Waals surface area contributed by atoms with Crippen LogP contribution >= 0.6 is 0 Å². The van der Waals surface area contributed by atoms with Crippen LogP contribution in [0, 0.1) is 5.82 Å². The van der Waals surface area contributed by atoms with Crippen LogP contribution in [0.1, 0.15) is 31.2 Å². The lowest BCUT2D eigenvalue weighted by atomic mass is 10.00. The lowest BCUT2D eigenvalue weighted by Gasteiger charge is -2.15. The highest BCUT2D eigenvalue weighted by Gasteiger charge is 2.16. The lowest BCUT2D eigenvalue weighted by molar-refractivity contribution is 0.101. The van der Waals surface area contributed by atoms with Crippen molar-refractivity contribution in [3.05, 3.63) is 29.6 Å². The molecule has 1 aliphatic rings. The molecule has 0 spiro atoms. The molecule has 2 rings (SSSR count). The van der Waals surface area contributed by atoms with Gasteiger partial charge in [0.05, 0.1) is 13.2 Å². The topological polar surface area (TPSA) is 44.5 Å². The summed E-state index contributed by atoms with van der Waals surface area (Å²) in [4.78, 5) is 0. The SMILES string of the molecule is COc1ccc(CC(N)CCC2CCCO2)cc1F. The molecule has 0 radical (unpaired) electrons. The van der Waals surface area contributed by atoms with Gasteiger partial charge < -0.3 is 15.2 Å². The fourth-order valence-corrected chi connectivity index (χ4v) is 2.51. The Morgan fingerprint density at radius 1 is 1.53 bits per heavy atom. The summed E-state index contributed by atoms with van der Waals surface area (Å²) in [6.07, 6.45) is 5.28. The number of benzene rings is 1. The maximum atomic E-state index is 13.5. The van der Waals surface area contributed by atoms with Crippen molar-refractivity contribution < 1.29 is 13.9 Å². The van der Waals surface area contributed by atoms with Crippen LogP contribution < -0.4 is 10.5 Å². The minimum Gasteiger partial charge on any atom is -0.494 e. The van der Waals surface area contributed by atoms with E-state index >= 15 is 0 Å². The summed E-state index contributed by atoms with van der Waals surface area (Å²) in [5.41, 5.74) is 7.01. The first-order valence-electron chi connectivity index (χ1n) is 6.88. The molecule has 2 atom stereocenters. The van der Waals surface area contributed by atoms with Gasteiger partial charge in [-0.25, -0.2) is 4.39 Å². The van der Waals surface area contributed by atoms with Crippen LogP contribution in [0.2, 0.25) is 0 Å². The molecule has 1 fully saturated rings. The third-order valence-corrected chi connectivity index (χ3v) is 3.60. The van der Waals surface area contributed by atoms with Crippen molar-refractivity contribution in [3.8, 4) is 5.75 Å². The van der Waals surface area contributed by atoms with E-state index < -0.39 is 0 Å². The second kappa shape index (κ2) is 6.87. The third kappa shape index (κ3) is 4.18. The molecule has 0 bridgehead atoms. The molecule has 1 aromatic carbocycles. The van der Waals surface area contributed by atoms with Crippen molar-refractivity contribution >= 4 is 0 Å². The largest absolute Gasteiger partial charge is 0.494 e. The second-order valence-corrected chi connectivity index (χ2v) is 5.15. The van der Waals surface area contributed by atoms with Gasteiger partial charge >= 0.3 is 0 Å². The zero-order valence-corrected chi connectivity index (χ0v) is 11.4. The molecule has 1 saturated heterocycles. The first kappa shape index (κ1) is 14.3. The van der Waals surface area contributed by atoms with E-state index in [4.69, 9.17) is 15.2 Å². The Balaban J connectivity index is 1.80. The summed E-state index contributed by atoms with van der Waals surface area (Å²) in [6.45, 7) is 0.879. The van der Waals surface area contributed by atoms with Gasteiger partial charge in [0, 0.05) is 12.6 Å². The van der Waals surface area contributed by atoms with Crippen molar-refractivity contribution in [3.63, 3.8) is 0 Å². The molecule has 4 heteroatoms. The molecule has 0 aromatic heterocycles. The molecule has 1 aromatic rings. The zero-order valence-electron chi connectivity index (χ0n) is 11.4. The van der Waals surface area contributed by atoms with Gasteiger partial charge in [0.25, 0.3) is 0 Å². The molecule has 3 nitrogen and oxygen atoms in total. The van der Waals surface area contributed by atoms with Gasteiger partial charge in [0.15, 0.2) is 11.6 Å². The molecule has 0 saturated carbocycles. The Bertz CT molecular complexity index is 405. The minimum atomic E-state index is -0.327. The normalized spacial score (nSPS) is 20.5. The van der Waals surface area contributed by atoms with Gasteiger partial charge in [-0.05, 0) is 49.8 Å². The van der Waals surface area contributed by atoms with Crippen LogP contribution in [0.4, 0.5) is 4.39 Å². The van der Waals surface area contributed by atoms with Crippen LogP contribution in [0.25, 0.3) is 0 Å². The van der Waals surface area contributed by atoms with Gasteiger partial charge in [-0.2, -0.15) is 0 Å². The first-order chi connectivity index (χ1) is 9.19. The van der Waals surface area contributed by atoms with Crippen molar-refractivity contribution in [2.45, 2.75) is 44.2 Å². The van der Waals surface area contributed by atoms with E-state index in [1.54, 1.807) is 6.07 Å². The molecule has 0 aliphatic carbocycles. The number of hydrogen-bond donors (Lipinski definition) is 1. The minimum absolute atomic E-state index is 0.0528. The van der Waals surface area contributed by atoms with Gasteiger partial charge in [0.2, 0.25) is 0 Å². The van der Waals surface area contributed by atoms with Crippen molar-refractivity contribution in [2.75, 3.05) is 13.7 Å². The van der Waals surface area contributed by atoms with E-state index in [2.05, 4.69) is 0 Å². The Morgan fingerprint density at radius 3 is 3.00 bits per heavy atom. The van der Waals surface area contributed by atoms with Crippen LogP contribution in [-0.2, 0) is 11.2 Å². The van der Waals surface area contributed by atoms with Gasteiger partial charge in [-0.3, -0.25) is 0 Å². The molecule has 106 valence electrons. The Morgan fingerprint density at radius 2 is 2.37 bits per heavy atom. The monoisotopic (exact) mass is 267 g/mol. The summed E-state index contributed by atoms with van der Waals surface area (Å²) in [6, 6.07) is 5.08. The van der Waals surface area contributed by atoms with Crippen LogP contribution in [0.3, 0.4) is 0 Å². The molecular formula is C15H22FNO2. The van der Waals surface area contributed by atoms with E-state index in [9.17, 15) is 4.39 Å². The van der Waals surface area contributed by atoms with E-state index in [1.165, 1.54) is 13.2 Å². The molecule has 19 heavy (non-hydrogen) atoms. The molecule has 2 unspecified atom stereocenters. The molecule has 2 N–H and O–H groups in total. The summed E-state index contributed by atoms with van der Waals surface area (Å²) in [5, 5.41) is 0. The van der Waals surface area contributed by atoms with Crippen LogP contribution in [0.5, 0.6) is 5.75 Å². The predicted octanol–water partition coefficient (Wildman–Crippen LogP) is 2.66. The Kier molecular flexibility index (Phi) is 5.16.